The fourth-order valence-electron chi connectivity index (χ4n) is 4.12. The third kappa shape index (κ3) is 5.19. The van der Waals surface area contributed by atoms with Crippen LogP contribution >= 0.6 is 0 Å². The molecule has 1 aromatic heterocycles. The minimum atomic E-state index is -3.80. The van der Waals surface area contributed by atoms with E-state index in [2.05, 4.69) is 14.5 Å². The topological polar surface area (TPSA) is 132 Å². The lowest BCUT2D eigenvalue weighted by Gasteiger charge is -2.25. The molecule has 4 N–H and O–H groups in total. The number of rotatable bonds is 7. The van der Waals surface area contributed by atoms with Crippen molar-refractivity contribution in [1.29, 1.82) is 0 Å². The number of alkyl halides is 3. The van der Waals surface area contributed by atoms with Crippen molar-refractivity contribution >= 4 is 22.5 Å². The van der Waals surface area contributed by atoms with Gasteiger partial charge in [-0.3, -0.25) is 9.22 Å². The van der Waals surface area contributed by atoms with Crippen LogP contribution in [0, 0.1) is 0 Å². The van der Waals surface area contributed by atoms with E-state index in [1.807, 2.05) is 0 Å². The van der Waals surface area contributed by atoms with Gasteiger partial charge in [-0.05, 0) is 71.6 Å². The number of aromatic nitrogens is 2. The lowest BCUT2D eigenvalue weighted by Crippen LogP contribution is -2.30. The van der Waals surface area contributed by atoms with Gasteiger partial charge in [0.25, 0.3) is 0 Å². The Morgan fingerprint density at radius 3 is 2.56 bits per heavy atom. The summed E-state index contributed by atoms with van der Waals surface area (Å²) in [6.07, 6.45) is -0.993. The Labute approximate surface area is 223 Å². The van der Waals surface area contributed by atoms with E-state index in [-0.39, 0.29) is 27.8 Å². The molecule has 0 aliphatic carbocycles. The molecule has 0 bridgehead atoms. The minimum absolute atomic E-state index is 0.0959. The number of benzene rings is 3. The molecule has 1 aliphatic rings. The molecule has 202 valence electrons. The molecule has 5 rings (SSSR count). The van der Waals surface area contributed by atoms with E-state index in [9.17, 15) is 21.9 Å². The summed E-state index contributed by atoms with van der Waals surface area (Å²) < 4.78 is 74.7. The predicted octanol–water partition coefficient (Wildman–Crippen LogP) is 4.77. The van der Waals surface area contributed by atoms with Crippen LogP contribution in [0.25, 0.3) is 22.5 Å². The Hall–Kier alpha value is -4.33. The zero-order valence-corrected chi connectivity index (χ0v) is 21.1. The Kier molecular flexibility index (Phi) is 6.80. The molecule has 13 heteroatoms. The fraction of sp³-hybridized carbons (Fsp3) is 0.115. The second-order valence-corrected chi connectivity index (χ2v) is 9.48. The van der Waals surface area contributed by atoms with Crippen LogP contribution in [0.1, 0.15) is 24.4 Å². The van der Waals surface area contributed by atoms with Gasteiger partial charge in [-0.2, -0.15) is 0 Å². The summed E-state index contributed by atoms with van der Waals surface area (Å²) in [7, 11) is 0. The van der Waals surface area contributed by atoms with Crippen molar-refractivity contribution in [1.82, 2.24) is 9.55 Å². The van der Waals surface area contributed by atoms with Gasteiger partial charge in [0.2, 0.25) is 0 Å². The predicted molar refractivity (Wildman–Crippen MR) is 137 cm³/mol. The molecule has 9 nitrogen and oxygen atoms in total. The van der Waals surface area contributed by atoms with Crippen LogP contribution in [-0.4, -0.2) is 24.6 Å². The van der Waals surface area contributed by atoms with Gasteiger partial charge in [0.05, 0.1) is 29.1 Å². The molecule has 2 atom stereocenters. The molecule has 0 fully saturated rings. The van der Waals surface area contributed by atoms with E-state index in [0.717, 1.165) is 0 Å². The van der Waals surface area contributed by atoms with Crippen molar-refractivity contribution in [3.05, 3.63) is 90.6 Å². The number of fused-ring (bicyclic) bond motifs is 1. The first kappa shape index (κ1) is 26.3. The monoisotopic (exact) mass is 556 g/mol. The SMILES string of the molecule is CC(F)c1cn(-c2ccc(-c3cccc(S(=O)[O-])c3)cc2N(N)/C(=C\N)c2ccc3c(c2)OC(F)(F)O3)cn1. The summed E-state index contributed by atoms with van der Waals surface area (Å²) in [6.45, 7) is 1.36. The molecule has 39 heavy (non-hydrogen) atoms. The van der Waals surface area contributed by atoms with Crippen LogP contribution in [0.5, 0.6) is 11.5 Å². The quantitative estimate of drug-likeness (QED) is 0.189. The first-order chi connectivity index (χ1) is 18.6. The van der Waals surface area contributed by atoms with Gasteiger partial charge >= 0.3 is 6.29 Å². The van der Waals surface area contributed by atoms with Gasteiger partial charge in [-0.25, -0.2) is 15.2 Å². The fourth-order valence-corrected chi connectivity index (χ4v) is 4.54. The summed E-state index contributed by atoms with van der Waals surface area (Å²) in [5.41, 5.74) is 8.72. The standard InChI is InChI=1S/C26H22F3N5O4S/c1-15(27)20-13-33(14-32-20)21-7-5-17(16-3-2-4-19(9-16)39(35)36)10-22(21)34(31)23(12-30)18-6-8-24-25(11-18)38-26(28,29)37-24/h2-15H,30-31H2,1H3,(H,35,36)/p-1/b23-12-. The number of hydrogen-bond donors (Lipinski definition) is 2. The van der Waals surface area contributed by atoms with Crippen LogP contribution in [-0.2, 0) is 11.1 Å². The highest BCUT2D eigenvalue weighted by Crippen LogP contribution is 2.43. The number of imidazole rings is 1. The molecule has 4 aromatic rings. The molecule has 0 amide bonds. The second kappa shape index (κ2) is 10.1. The van der Waals surface area contributed by atoms with Gasteiger partial charge in [-0.15, -0.1) is 8.78 Å². The molecule has 3 aromatic carbocycles. The van der Waals surface area contributed by atoms with E-state index in [4.69, 9.17) is 11.6 Å². The highest BCUT2D eigenvalue weighted by atomic mass is 32.2. The molecular formula is C26H21F3N5O4S-. The average Bonchev–Trinajstić information content (AvgIpc) is 3.52. The summed E-state index contributed by atoms with van der Waals surface area (Å²) in [5, 5.41) is 1.22. The van der Waals surface area contributed by atoms with Crippen LogP contribution in [0.3, 0.4) is 0 Å². The number of halogens is 3. The third-order valence-corrected chi connectivity index (χ3v) is 6.64. The van der Waals surface area contributed by atoms with Crippen molar-refractivity contribution in [2.24, 2.45) is 11.6 Å². The van der Waals surface area contributed by atoms with Crippen LogP contribution in [0.2, 0.25) is 0 Å². The van der Waals surface area contributed by atoms with Crippen LogP contribution in [0.4, 0.5) is 18.9 Å². The van der Waals surface area contributed by atoms with Gasteiger partial charge < -0.3 is 24.3 Å². The zero-order chi connectivity index (χ0) is 27.9. The molecule has 2 heterocycles. The zero-order valence-electron chi connectivity index (χ0n) is 20.3. The number of nitrogens with zero attached hydrogens (tertiary/aromatic N) is 3. The van der Waals surface area contributed by atoms with E-state index in [1.54, 1.807) is 34.9 Å². The first-order valence-corrected chi connectivity index (χ1v) is 12.5. The Bertz CT molecular complexity index is 1610. The van der Waals surface area contributed by atoms with E-state index in [0.29, 0.717) is 28.1 Å². The van der Waals surface area contributed by atoms with Gasteiger partial charge in [-0.1, -0.05) is 18.2 Å². The van der Waals surface area contributed by atoms with Crippen LogP contribution in [0.15, 0.2) is 84.3 Å². The molecular weight excluding hydrogens is 535 g/mol. The highest BCUT2D eigenvalue weighted by Gasteiger charge is 2.43. The van der Waals surface area contributed by atoms with Crippen LogP contribution < -0.4 is 26.1 Å². The van der Waals surface area contributed by atoms with E-state index in [1.165, 1.54) is 61.0 Å². The van der Waals surface area contributed by atoms with Crippen molar-refractivity contribution in [2.45, 2.75) is 24.3 Å². The molecule has 0 spiro atoms. The first-order valence-electron chi connectivity index (χ1n) is 11.5. The van der Waals surface area contributed by atoms with E-state index >= 15 is 0 Å². The smallest absolute Gasteiger partial charge is 0.586 e. The molecule has 0 saturated carbocycles. The lowest BCUT2D eigenvalue weighted by atomic mass is 10.0. The number of ether oxygens (including phenoxy) is 2. The Balaban J connectivity index is 1.61. The summed E-state index contributed by atoms with van der Waals surface area (Å²) in [6, 6.07) is 15.5. The maximum Gasteiger partial charge on any atom is 0.586 e. The van der Waals surface area contributed by atoms with Gasteiger partial charge in [0.1, 0.15) is 6.17 Å². The van der Waals surface area contributed by atoms with E-state index < -0.39 is 23.5 Å². The average molecular weight is 557 g/mol. The Morgan fingerprint density at radius 2 is 1.87 bits per heavy atom. The summed E-state index contributed by atoms with van der Waals surface area (Å²) in [4.78, 5) is 4.20. The third-order valence-electron chi connectivity index (χ3n) is 6.00. The Morgan fingerprint density at radius 1 is 1.13 bits per heavy atom. The maximum absolute atomic E-state index is 13.9. The minimum Gasteiger partial charge on any atom is -0.768 e. The normalized spacial score (nSPS) is 15.7. The molecule has 1 aliphatic heterocycles. The second-order valence-electron chi connectivity index (χ2n) is 8.54. The van der Waals surface area contributed by atoms with Crippen molar-refractivity contribution in [3.63, 3.8) is 0 Å². The molecule has 0 radical (unpaired) electrons. The molecule has 0 saturated heterocycles. The number of hydrogen-bond acceptors (Lipinski definition) is 8. The van der Waals surface area contributed by atoms with Gasteiger partial charge in [0.15, 0.2) is 11.5 Å². The number of anilines is 1. The largest absolute Gasteiger partial charge is 0.768 e. The number of nitrogens with two attached hydrogens (primary N) is 2. The summed E-state index contributed by atoms with van der Waals surface area (Å²) in [5.74, 6) is 6.23. The van der Waals surface area contributed by atoms with Gasteiger partial charge in [0, 0.05) is 22.9 Å². The lowest BCUT2D eigenvalue weighted by molar-refractivity contribution is -0.286. The maximum atomic E-state index is 13.9. The molecule has 2 unspecified atom stereocenters. The summed E-state index contributed by atoms with van der Waals surface area (Å²) >= 11 is -2.44. The van der Waals surface area contributed by atoms with Crippen molar-refractivity contribution in [2.75, 3.05) is 5.01 Å². The van der Waals surface area contributed by atoms with Crippen molar-refractivity contribution < 1.29 is 31.4 Å². The number of hydrazine groups is 1. The van der Waals surface area contributed by atoms with Crippen molar-refractivity contribution in [3.8, 4) is 28.3 Å². The highest BCUT2D eigenvalue weighted by molar-refractivity contribution is 7.79.